The Morgan fingerprint density at radius 3 is 2.59 bits per heavy atom. The van der Waals surface area contributed by atoms with Crippen molar-refractivity contribution in [2.45, 2.75) is 20.3 Å². The van der Waals surface area contributed by atoms with Gasteiger partial charge in [0.2, 0.25) is 11.8 Å². The fourth-order valence-electron chi connectivity index (χ4n) is 2.31. The highest BCUT2D eigenvalue weighted by Gasteiger charge is 2.10. The molecule has 0 saturated heterocycles. The smallest absolute Gasteiger partial charge is 0.249 e. The van der Waals surface area contributed by atoms with Gasteiger partial charge in [0.25, 0.3) is 0 Å². The molecule has 0 atom stereocenters. The van der Waals surface area contributed by atoms with E-state index in [-0.39, 0.29) is 6.42 Å². The number of hydrogen-bond donors (Lipinski definition) is 2. The summed E-state index contributed by atoms with van der Waals surface area (Å²) in [5, 5.41) is 6.57. The fraction of sp³-hybridized carbons (Fsp3) is 0.250. The van der Waals surface area contributed by atoms with Crippen molar-refractivity contribution >= 4 is 23.7 Å². The summed E-state index contributed by atoms with van der Waals surface area (Å²) in [6, 6.07) is 12.6. The predicted molar refractivity (Wildman–Crippen MR) is 104 cm³/mol. The molecule has 0 fully saturated rings. The molecular formula is C20H23N3O4. The van der Waals surface area contributed by atoms with Crippen LogP contribution in [0.4, 0.5) is 5.69 Å². The van der Waals surface area contributed by atoms with Gasteiger partial charge in [0.05, 0.1) is 19.9 Å². The average molecular weight is 369 g/mol. The van der Waals surface area contributed by atoms with Crippen molar-refractivity contribution in [1.29, 1.82) is 0 Å². The first-order chi connectivity index (χ1) is 13.0. The van der Waals surface area contributed by atoms with Crippen LogP contribution in [0.3, 0.4) is 0 Å². The number of rotatable bonds is 8. The summed E-state index contributed by atoms with van der Waals surface area (Å²) in [5.41, 5.74) is 4.67. The molecule has 0 heterocycles. The maximum atomic E-state index is 11.9. The number of aryl methyl sites for hydroxylation is 1. The van der Waals surface area contributed by atoms with E-state index in [1.807, 2.05) is 32.0 Å². The molecule has 2 N–H and O–H groups in total. The van der Waals surface area contributed by atoms with Gasteiger partial charge >= 0.3 is 0 Å². The number of benzene rings is 2. The van der Waals surface area contributed by atoms with Crippen LogP contribution in [0.2, 0.25) is 0 Å². The van der Waals surface area contributed by atoms with Gasteiger partial charge in [-0.25, -0.2) is 5.43 Å². The van der Waals surface area contributed by atoms with Gasteiger partial charge < -0.3 is 14.8 Å². The second kappa shape index (κ2) is 9.96. The van der Waals surface area contributed by atoms with Crippen LogP contribution in [0.25, 0.3) is 0 Å². The first kappa shape index (κ1) is 20.0. The summed E-state index contributed by atoms with van der Waals surface area (Å²) < 4.78 is 10.7. The highest BCUT2D eigenvalue weighted by atomic mass is 16.5. The number of para-hydroxylation sites is 1. The lowest BCUT2D eigenvalue weighted by atomic mass is 10.2. The number of anilines is 1. The standard InChI is InChI=1S/C20H23N3O4/c1-4-27-17-10-9-15(11-18(17)26-3)13-21-23-20(25)12-19(24)22-16-8-6-5-7-14(16)2/h5-11,13H,4,12H2,1-3H3,(H,22,24)(H,23,25). The second-order valence-corrected chi connectivity index (χ2v) is 5.68. The molecule has 2 aromatic carbocycles. The van der Waals surface area contributed by atoms with E-state index in [0.29, 0.717) is 23.8 Å². The van der Waals surface area contributed by atoms with E-state index in [1.165, 1.54) is 6.21 Å². The molecule has 7 nitrogen and oxygen atoms in total. The number of hydrogen-bond acceptors (Lipinski definition) is 5. The largest absolute Gasteiger partial charge is 0.493 e. The van der Waals surface area contributed by atoms with Crippen molar-refractivity contribution in [3.8, 4) is 11.5 Å². The minimum Gasteiger partial charge on any atom is -0.493 e. The Morgan fingerprint density at radius 2 is 1.89 bits per heavy atom. The molecule has 0 saturated carbocycles. The molecule has 142 valence electrons. The maximum Gasteiger partial charge on any atom is 0.249 e. The number of methoxy groups -OCH3 is 1. The van der Waals surface area contributed by atoms with Gasteiger partial charge in [0.1, 0.15) is 6.42 Å². The van der Waals surface area contributed by atoms with Crippen LogP contribution >= 0.6 is 0 Å². The van der Waals surface area contributed by atoms with Crippen molar-refractivity contribution in [2.75, 3.05) is 19.0 Å². The zero-order valence-corrected chi connectivity index (χ0v) is 15.6. The molecule has 0 spiro atoms. The van der Waals surface area contributed by atoms with E-state index < -0.39 is 11.8 Å². The number of carbonyl (C=O) groups excluding carboxylic acids is 2. The zero-order valence-electron chi connectivity index (χ0n) is 15.6. The third-order valence-electron chi connectivity index (χ3n) is 3.63. The highest BCUT2D eigenvalue weighted by Crippen LogP contribution is 2.27. The van der Waals surface area contributed by atoms with Crippen LogP contribution in [-0.4, -0.2) is 31.7 Å². The Balaban J connectivity index is 1.87. The van der Waals surface area contributed by atoms with E-state index in [0.717, 1.165) is 11.1 Å². The Kier molecular flexibility index (Phi) is 7.37. The number of ether oxygens (including phenoxy) is 2. The van der Waals surface area contributed by atoms with Crippen LogP contribution in [0.1, 0.15) is 24.5 Å². The van der Waals surface area contributed by atoms with Crippen LogP contribution in [0, 0.1) is 6.92 Å². The number of nitrogens with zero attached hydrogens (tertiary/aromatic N) is 1. The first-order valence-corrected chi connectivity index (χ1v) is 8.51. The van der Waals surface area contributed by atoms with E-state index in [1.54, 1.807) is 31.4 Å². The zero-order chi connectivity index (χ0) is 19.6. The summed E-state index contributed by atoms with van der Waals surface area (Å²) in [5.74, 6) is 0.300. The van der Waals surface area contributed by atoms with E-state index >= 15 is 0 Å². The Hall–Kier alpha value is -3.35. The molecule has 0 unspecified atom stereocenters. The molecule has 2 amide bonds. The molecule has 0 aliphatic rings. The molecule has 0 radical (unpaired) electrons. The van der Waals surface area contributed by atoms with Crippen LogP contribution in [0.5, 0.6) is 11.5 Å². The van der Waals surface area contributed by atoms with Gasteiger partial charge in [-0.15, -0.1) is 0 Å². The molecule has 2 rings (SSSR count). The molecule has 0 aliphatic heterocycles. The number of amides is 2. The molecule has 27 heavy (non-hydrogen) atoms. The van der Waals surface area contributed by atoms with Crippen LogP contribution < -0.4 is 20.2 Å². The predicted octanol–water partition coefficient (Wildman–Crippen LogP) is 2.88. The Bertz CT molecular complexity index is 834. The van der Waals surface area contributed by atoms with Crippen molar-refractivity contribution < 1.29 is 19.1 Å². The molecule has 0 bridgehead atoms. The van der Waals surface area contributed by atoms with E-state index in [9.17, 15) is 9.59 Å². The van der Waals surface area contributed by atoms with Crippen LogP contribution in [0.15, 0.2) is 47.6 Å². The molecule has 2 aromatic rings. The van der Waals surface area contributed by atoms with Gasteiger partial charge in [0.15, 0.2) is 11.5 Å². The topological polar surface area (TPSA) is 89.0 Å². The lowest BCUT2D eigenvalue weighted by molar-refractivity contribution is -0.126. The van der Waals surface area contributed by atoms with Crippen molar-refractivity contribution in [3.05, 3.63) is 53.6 Å². The summed E-state index contributed by atoms with van der Waals surface area (Å²) in [6.45, 7) is 4.30. The SMILES string of the molecule is CCOc1ccc(C=NNC(=O)CC(=O)Nc2ccccc2C)cc1OC. The summed E-state index contributed by atoms with van der Waals surface area (Å²) in [4.78, 5) is 23.8. The summed E-state index contributed by atoms with van der Waals surface area (Å²) in [6.07, 6.45) is 1.15. The number of hydrazone groups is 1. The average Bonchev–Trinajstić information content (AvgIpc) is 2.64. The number of nitrogens with one attached hydrogen (secondary N) is 2. The van der Waals surface area contributed by atoms with Crippen LogP contribution in [-0.2, 0) is 9.59 Å². The van der Waals surface area contributed by atoms with Crippen molar-refractivity contribution in [3.63, 3.8) is 0 Å². The summed E-state index contributed by atoms with van der Waals surface area (Å²) in [7, 11) is 1.55. The normalized spacial score (nSPS) is 10.5. The quantitative estimate of drug-likeness (QED) is 0.425. The second-order valence-electron chi connectivity index (χ2n) is 5.68. The summed E-state index contributed by atoms with van der Waals surface area (Å²) >= 11 is 0. The van der Waals surface area contributed by atoms with E-state index in [2.05, 4.69) is 15.8 Å². The molecular weight excluding hydrogens is 346 g/mol. The fourth-order valence-corrected chi connectivity index (χ4v) is 2.31. The monoisotopic (exact) mass is 369 g/mol. The van der Waals surface area contributed by atoms with Crippen molar-refractivity contribution in [2.24, 2.45) is 5.10 Å². The Labute approximate surface area is 158 Å². The van der Waals surface area contributed by atoms with Gasteiger partial charge in [-0.3, -0.25) is 9.59 Å². The first-order valence-electron chi connectivity index (χ1n) is 8.51. The van der Waals surface area contributed by atoms with E-state index in [4.69, 9.17) is 9.47 Å². The Morgan fingerprint density at radius 1 is 1.11 bits per heavy atom. The minimum atomic E-state index is -0.504. The van der Waals surface area contributed by atoms with Gasteiger partial charge in [-0.1, -0.05) is 18.2 Å². The lowest BCUT2D eigenvalue weighted by Gasteiger charge is -2.09. The maximum absolute atomic E-state index is 11.9. The lowest BCUT2D eigenvalue weighted by Crippen LogP contribution is -2.24. The van der Waals surface area contributed by atoms with Gasteiger partial charge in [0, 0.05) is 5.69 Å². The molecule has 0 aliphatic carbocycles. The third-order valence-corrected chi connectivity index (χ3v) is 3.63. The van der Waals surface area contributed by atoms with Gasteiger partial charge in [-0.2, -0.15) is 5.10 Å². The van der Waals surface area contributed by atoms with Crippen molar-refractivity contribution in [1.82, 2.24) is 5.43 Å². The minimum absolute atomic E-state index is 0.321. The molecule has 0 aromatic heterocycles. The third kappa shape index (κ3) is 6.14. The number of carbonyl (C=O) groups is 2. The highest BCUT2D eigenvalue weighted by molar-refractivity contribution is 6.04. The van der Waals surface area contributed by atoms with Gasteiger partial charge in [-0.05, 0) is 49.2 Å². The molecule has 7 heteroatoms.